The van der Waals surface area contributed by atoms with Crippen LogP contribution in [0.3, 0.4) is 0 Å². The van der Waals surface area contributed by atoms with Gasteiger partial charge in [-0.2, -0.15) is 0 Å². The highest BCUT2D eigenvalue weighted by atomic mass is 32.1. The summed E-state index contributed by atoms with van der Waals surface area (Å²) in [6.45, 7) is 0. The van der Waals surface area contributed by atoms with Crippen LogP contribution >= 0.6 is 22.7 Å². The van der Waals surface area contributed by atoms with E-state index in [1.165, 1.54) is 96.4 Å². The maximum Gasteiger partial charge on any atom is 0.280 e. The summed E-state index contributed by atoms with van der Waals surface area (Å²) in [5.74, 6) is 1.98. The number of carbonyl (C=O) groups excluding carboxylic acids is 4. The van der Waals surface area contributed by atoms with Crippen molar-refractivity contribution in [1.82, 2.24) is 38.6 Å². The van der Waals surface area contributed by atoms with Gasteiger partial charge in [-0.25, -0.2) is 38.6 Å². The number of nitrogens with one attached hydrogen (secondary N) is 4. The molecule has 5 aromatic carbocycles. The zero-order chi connectivity index (χ0) is 62.7. The molecule has 26 nitrogen and oxygen atoms in total. The van der Waals surface area contributed by atoms with Gasteiger partial charge in [0.2, 0.25) is 35.3 Å². The Morgan fingerprint density at radius 3 is 0.989 bits per heavy atom. The van der Waals surface area contributed by atoms with Crippen molar-refractivity contribution in [3.63, 3.8) is 0 Å². The van der Waals surface area contributed by atoms with Crippen LogP contribution in [0.25, 0.3) is 33.8 Å². The Hall–Kier alpha value is -11.8. The molecule has 88 heavy (non-hydrogen) atoms. The van der Waals surface area contributed by atoms with E-state index in [2.05, 4.69) is 41.6 Å². The largest absolute Gasteiger partial charge is 0.493 e. The first-order chi connectivity index (χ1) is 42.6. The monoisotopic (exact) mass is 1230 g/mol. The maximum atomic E-state index is 12.7. The van der Waals surface area contributed by atoms with Crippen LogP contribution in [0.4, 0.5) is 23.8 Å². The van der Waals surface area contributed by atoms with E-state index in [1.807, 2.05) is 114 Å². The molecular weight excluding hydrogens is 1170 g/mol. The first-order valence-electron chi connectivity index (χ1n) is 26.1. The Labute approximate surface area is 511 Å². The number of nitrogen functional groups attached to an aromatic ring is 4. The van der Waals surface area contributed by atoms with Crippen LogP contribution in [0.2, 0.25) is 0 Å². The number of nitrogens with two attached hydrogens (primary N) is 4. The average Bonchev–Trinajstić information content (AvgIpc) is 4.05. The van der Waals surface area contributed by atoms with Crippen molar-refractivity contribution in [2.24, 2.45) is 0 Å². The van der Waals surface area contributed by atoms with Crippen molar-refractivity contribution in [3.05, 3.63) is 202 Å². The molecule has 0 aliphatic rings. The fourth-order valence-corrected chi connectivity index (χ4v) is 9.25. The highest BCUT2D eigenvalue weighted by Crippen LogP contribution is 2.39. The van der Waals surface area contributed by atoms with Gasteiger partial charge in [0.05, 0.1) is 88.1 Å². The molecule has 11 aromatic rings. The third-order valence-electron chi connectivity index (χ3n) is 12.3. The van der Waals surface area contributed by atoms with Crippen molar-refractivity contribution < 1.29 is 47.6 Å². The lowest BCUT2D eigenvalue weighted by atomic mass is 10.1. The Balaban J connectivity index is 0.000000153. The highest BCUT2D eigenvalue weighted by molar-refractivity contribution is 7.12. The maximum absolute atomic E-state index is 12.7. The fraction of sp³-hybridized carbons (Fsp3) is 0.100. The number of anilines is 4. The molecular formula is C60H60N16O10S2. The van der Waals surface area contributed by atoms with Gasteiger partial charge >= 0.3 is 0 Å². The van der Waals surface area contributed by atoms with Crippen molar-refractivity contribution in [2.75, 3.05) is 87.3 Å². The number of amides is 4. The van der Waals surface area contributed by atoms with Crippen LogP contribution in [0.15, 0.2) is 181 Å². The van der Waals surface area contributed by atoms with Gasteiger partial charge in [-0.1, -0.05) is 103 Å². The number of carbonyl (C=O) groups is 4. The van der Waals surface area contributed by atoms with Crippen molar-refractivity contribution in [3.8, 4) is 68.3 Å². The van der Waals surface area contributed by atoms with Gasteiger partial charge < -0.3 is 51.4 Å². The molecule has 28 heteroatoms. The van der Waals surface area contributed by atoms with Gasteiger partial charge in [0.15, 0.2) is 23.0 Å². The standard InChI is InChI=1S/C19H20N4O4.2C14H12N4OS.C13H16N4O4/c1-25-15-9-13(10-16(26-2)17(15)27-3)18(24)22-23-11-14(21-19(23)20)12-7-5-4-6-8-12;2*15-14-16-11(10-5-2-1-3-6-10)9-18(14)17-13(19)12-7-4-8-20-12;1-19-9-6-8(7-10(20-2)11(9)21-3)12(18)16-17-5-4-15-13(17)14/h4-11H,1-3H3,(H2,20,21)(H,22,24);2*1-9H,(H2,15,16)(H,17,19);4-7H,1-3H3,(H2,14,15)(H,16,18). The molecule has 0 spiro atoms. The number of imidazole rings is 4. The number of nitrogens with zero attached hydrogens (tertiary/aromatic N) is 8. The summed E-state index contributed by atoms with van der Waals surface area (Å²) in [6, 6.07) is 42.2. The van der Waals surface area contributed by atoms with E-state index in [4.69, 9.17) is 51.4 Å². The molecule has 0 fully saturated rings. The van der Waals surface area contributed by atoms with Crippen molar-refractivity contribution in [2.45, 2.75) is 0 Å². The molecule has 0 aliphatic heterocycles. The molecule has 0 unspecified atom stereocenters. The molecule has 11 rings (SSSR count). The molecule has 6 heterocycles. The van der Waals surface area contributed by atoms with E-state index in [0.29, 0.717) is 61.1 Å². The van der Waals surface area contributed by atoms with Crippen LogP contribution < -0.4 is 73.1 Å². The minimum Gasteiger partial charge on any atom is -0.493 e. The molecule has 0 aliphatic carbocycles. The zero-order valence-corrected chi connectivity index (χ0v) is 49.7. The first kappa shape index (κ1) is 62.3. The number of aromatic nitrogens is 8. The summed E-state index contributed by atoms with van der Waals surface area (Å²) in [5.41, 5.74) is 39.4. The van der Waals surface area contributed by atoms with Gasteiger partial charge in [-0.05, 0) is 47.2 Å². The van der Waals surface area contributed by atoms with Crippen molar-refractivity contribution in [1.29, 1.82) is 0 Å². The number of ether oxygens (including phenoxy) is 6. The van der Waals surface area contributed by atoms with Crippen LogP contribution in [-0.4, -0.2) is 105 Å². The number of hydrogen-bond donors (Lipinski definition) is 8. The average molecular weight is 1230 g/mol. The predicted molar refractivity (Wildman–Crippen MR) is 338 cm³/mol. The first-order valence-corrected chi connectivity index (χ1v) is 27.8. The van der Waals surface area contributed by atoms with E-state index in [0.717, 1.165) is 28.1 Å². The van der Waals surface area contributed by atoms with Gasteiger partial charge in [0.25, 0.3) is 23.6 Å². The molecule has 452 valence electrons. The normalized spacial score (nSPS) is 10.3. The number of methoxy groups -OCH3 is 6. The molecule has 0 radical (unpaired) electrons. The SMILES string of the molecule is COc1cc(C(=O)Nn2cc(-c3ccccc3)nc2N)cc(OC)c1OC.COc1cc(C(=O)Nn2ccnc2N)cc(OC)c1OC.Nc1nc(-c2ccccc2)cn1NC(=O)c1cccs1.Nc1nc(-c2ccccc2)cn1NC(=O)c1cccs1. The summed E-state index contributed by atoms with van der Waals surface area (Å²) in [5, 5.41) is 3.70. The van der Waals surface area contributed by atoms with Crippen molar-refractivity contribution >= 4 is 70.1 Å². The molecule has 4 amide bonds. The van der Waals surface area contributed by atoms with Crippen LogP contribution in [-0.2, 0) is 0 Å². The Morgan fingerprint density at radius 1 is 0.398 bits per heavy atom. The number of hydrogen-bond acceptors (Lipinski definition) is 20. The smallest absolute Gasteiger partial charge is 0.280 e. The van der Waals surface area contributed by atoms with E-state index in [-0.39, 0.29) is 41.5 Å². The lowest BCUT2D eigenvalue weighted by Crippen LogP contribution is -2.23. The predicted octanol–water partition coefficient (Wildman–Crippen LogP) is 8.57. The molecule has 6 aromatic heterocycles. The Kier molecular flexibility index (Phi) is 21.0. The zero-order valence-electron chi connectivity index (χ0n) is 48.1. The molecule has 0 saturated carbocycles. The second-order valence-electron chi connectivity index (χ2n) is 17.9. The Bertz CT molecular complexity index is 3920. The molecule has 0 bridgehead atoms. The minimum atomic E-state index is -0.405. The van der Waals surface area contributed by atoms with E-state index in [9.17, 15) is 19.2 Å². The van der Waals surface area contributed by atoms with Crippen LogP contribution in [0.1, 0.15) is 40.1 Å². The second kappa shape index (κ2) is 29.6. The summed E-state index contributed by atoms with van der Waals surface area (Å²) >= 11 is 2.75. The van der Waals surface area contributed by atoms with Gasteiger partial charge in [-0.3, -0.25) is 40.9 Å². The van der Waals surface area contributed by atoms with Gasteiger partial charge in [-0.15, -0.1) is 22.7 Å². The molecule has 0 atom stereocenters. The lowest BCUT2D eigenvalue weighted by Gasteiger charge is -2.14. The number of rotatable bonds is 17. The van der Waals surface area contributed by atoms with Gasteiger partial charge in [0.1, 0.15) is 0 Å². The third-order valence-corrected chi connectivity index (χ3v) is 14.0. The molecule has 0 saturated heterocycles. The summed E-state index contributed by atoms with van der Waals surface area (Å²) in [4.78, 5) is 66.7. The van der Waals surface area contributed by atoms with E-state index in [1.54, 1.807) is 55.0 Å². The quantitative estimate of drug-likeness (QED) is 0.0423. The fourth-order valence-electron chi connectivity index (χ4n) is 8.02. The second-order valence-corrected chi connectivity index (χ2v) is 19.8. The summed E-state index contributed by atoms with van der Waals surface area (Å²) < 4.78 is 37.0. The Morgan fingerprint density at radius 2 is 0.716 bits per heavy atom. The molecule has 12 N–H and O–H groups in total. The third kappa shape index (κ3) is 15.5. The number of benzene rings is 5. The van der Waals surface area contributed by atoms with E-state index >= 15 is 0 Å². The van der Waals surface area contributed by atoms with Crippen LogP contribution in [0, 0.1) is 0 Å². The van der Waals surface area contributed by atoms with E-state index < -0.39 is 5.91 Å². The minimum absolute atomic E-state index is 0.162. The summed E-state index contributed by atoms with van der Waals surface area (Å²) in [6.07, 6.45) is 8.07. The topological polar surface area (TPSA) is 347 Å². The highest BCUT2D eigenvalue weighted by Gasteiger charge is 2.21. The summed E-state index contributed by atoms with van der Waals surface area (Å²) in [7, 11) is 8.92. The number of thiophene rings is 2. The van der Waals surface area contributed by atoms with Crippen LogP contribution in [0.5, 0.6) is 34.5 Å². The lowest BCUT2D eigenvalue weighted by molar-refractivity contribution is 0.0999. The van der Waals surface area contributed by atoms with Gasteiger partial charge in [0, 0.05) is 40.2 Å².